The molecule has 0 N–H and O–H groups in total. The average molecular weight is 420 g/mol. The molecule has 2 nitrogen and oxygen atoms in total. The average Bonchev–Trinajstić information content (AvgIpc) is 2.84. The van der Waals surface area contributed by atoms with E-state index < -0.39 is 0 Å². The molecule has 3 aromatic carbocycles. The number of fused-ring (bicyclic) bond motifs is 3. The Morgan fingerprint density at radius 2 is 1.38 bits per heavy atom. The van der Waals surface area contributed by atoms with Crippen LogP contribution in [0.5, 0.6) is 0 Å². The molecule has 0 atom stereocenters. The van der Waals surface area contributed by atoms with Crippen molar-refractivity contribution in [2.75, 3.05) is 20.6 Å². The molecule has 0 radical (unpaired) electrons. The molecule has 0 amide bonds. The third-order valence-electron chi connectivity index (χ3n) is 6.51. The Morgan fingerprint density at radius 1 is 0.719 bits per heavy atom. The molecule has 1 aliphatic rings. The van der Waals surface area contributed by atoms with E-state index in [1.807, 2.05) is 0 Å². The van der Waals surface area contributed by atoms with Crippen molar-refractivity contribution in [1.29, 1.82) is 0 Å². The molecule has 5 rings (SSSR count). The van der Waals surface area contributed by atoms with Gasteiger partial charge in [-0.25, -0.2) is 0 Å². The Morgan fingerprint density at radius 3 is 2.09 bits per heavy atom. The third-order valence-corrected chi connectivity index (χ3v) is 6.51. The Kier molecular flexibility index (Phi) is 5.87. The third kappa shape index (κ3) is 3.99. The lowest BCUT2D eigenvalue weighted by Crippen LogP contribution is -2.42. The molecule has 0 bridgehead atoms. The van der Waals surface area contributed by atoms with Gasteiger partial charge in [0.15, 0.2) is 6.54 Å². The predicted octanol–water partition coefficient (Wildman–Crippen LogP) is 6.03. The Hall–Kier alpha value is -3.23. The van der Waals surface area contributed by atoms with Gasteiger partial charge >= 0.3 is 0 Å². The molecule has 0 spiro atoms. The number of rotatable bonds is 6. The van der Waals surface area contributed by atoms with E-state index in [4.69, 9.17) is 0 Å². The predicted molar refractivity (Wildman–Crippen MR) is 134 cm³/mol. The fourth-order valence-electron chi connectivity index (χ4n) is 5.00. The van der Waals surface area contributed by atoms with Gasteiger partial charge in [0.25, 0.3) is 0 Å². The van der Waals surface area contributed by atoms with Crippen molar-refractivity contribution in [1.82, 2.24) is 4.90 Å². The molecule has 32 heavy (non-hydrogen) atoms. The van der Waals surface area contributed by atoms with Crippen LogP contribution in [0.15, 0.2) is 91.0 Å². The van der Waals surface area contributed by atoms with Crippen molar-refractivity contribution in [2.24, 2.45) is 0 Å². The summed E-state index contributed by atoms with van der Waals surface area (Å²) in [6.45, 7) is 2.09. The van der Waals surface area contributed by atoms with Gasteiger partial charge in [-0.15, -0.1) is 0 Å². The number of benzene rings is 3. The van der Waals surface area contributed by atoms with Crippen molar-refractivity contribution in [3.05, 3.63) is 102 Å². The number of nitrogens with zero attached hydrogens (tertiary/aromatic N) is 2. The maximum absolute atomic E-state index is 2.60. The van der Waals surface area contributed by atoms with Gasteiger partial charge in [0.2, 0.25) is 11.4 Å². The summed E-state index contributed by atoms with van der Waals surface area (Å²) in [6, 6.07) is 33.2. The van der Waals surface area contributed by atoms with E-state index in [0.717, 1.165) is 32.4 Å². The van der Waals surface area contributed by atoms with Gasteiger partial charge in [0.1, 0.15) is 0 Å². The molecule has 0 fully saturated rings. The van der Waals surface area contributed by atoms with Crippen LogP contribution in [-0.4, -0.2) is 25.5 Å². The quantitative estimate of drug-likeness (QED) is 0.346. The van der Waals surface area contributed by atoms with Gasteiger partial charge < -0.3 is 4.90 Å². The number of hydrogen-bond acceptors (Lipinski definition) is 1. The molecule has 1 aliphatic carbocycles. The summed E-state index contributed by atoms with van der Waals surface area (Å²) in [5.74, 6) is 0. The van der Waals surface area contributed by atoms with Gasteiger partial charge in [-0.05, 0) is 61.8 Å². The first-order valence-corrected chi connectivity index (χ1v) is 11.7. The normalized spacial score (nSPS) is 12.5. The SMILES string of the molecule is CN(C)CCC[n+]1c(-c2ccccc2)cc(-c2ccccc2)c2c1-c1ccccc1CC2. The summed E-state index contributed by atoms with van der Waals surface area (Å²) in [4.78, 5) is 2.28. The maximum Gasteiger partial charge on any atom is 0.217 e. The summed E-state index contributed by atoms with van der Waals surface area (Å²) >= 11 is 0. The molecule has 160 valence electrons. The molecule has 0 aliphatic heterocycles. The fraction of sp³-hybridized carbons (Fsp3) is 0.233. The minimum absolute atomic E-state index is 1.01. The van der Waals surface area contributed by atoms with Crippen molar-refractivity contribution in [3.63, 3.8) is 0 Å². The van der Waals surface area contributed by atoms with Crippen LogP contribution in [-0.2, 0) is 19.4 Å². The largest absolute Gasteiger partial charge is 0.309 e. The summed E-state index contributed by atoms with van der Waals surface area (Å²) in [5, 5.41) is 0. The Bertz CT molecular complexity index is 1210. The summed E-state index contributed by atoms with van der Waals surface area (Å²) in [6.07, 6.45) is 3.31. The van der Waals surface area contributed by atoms with Gasteiger partial charge in [-0.1, -0.05) is 66.7 Å². The smallest absolute Gasteiger partial charge is 0.217 e. The van der Waals surface area contributed by atoms with Gasteiger partial charge in [-0.2, -0.15) is 4.57 Å². The van der Waals surface area contributed by atoms with E-state index in [0.29, 0.717) is 0 Å². The van der Waals surface area contributed by atoms with Crippen LogP contribution in [0.25, 0.3) is 33.6 Å². The monoisotopic (exact) mass is 419 g/mol. The zero-order valence-corrected chi connectivity index (χ0v) is 19.1. The lowest BCUT2D eigenvalue weighted by molar-refractivity contribution is -0.676. The van der Waals surface area contributed by atoms with Crippen LogP contribution < -0.4 is 4.57 Å². The van der Waals surface area contributed by atoms with E-state index in [2.05, 4.69) is 115 Å². The van der Waals surface area contributed by atoms with E-state index in [1.54, 1.807) is 0 Å². The molecular weight excluding hydrogens is 388 g/mol. The highest BCUT2D eigenvalue weighted by Crippen LogP contribution is 2.39. The number of aromatic nitrogens is 1. The van der Waals surface area contributed by atoms with E-state index >= 15 is 0 Å². The van der Waals surface area contributed by atoms with Crippen LogP contribution in [0.3, 0.4) is 0 Å². The van der Waals surface area contributed by atoms with Crippen LogP contribution in [0.2, 0.25) is 0 Å². The number of aryl methyl sites for hydroxylation is 1. The molecule has 2 heteroatoms. The molecule has 0 saturated heterocycles. The van der Waals surface area contributed by atoms with Crippen LogP contribution in [0.1, 0.15) is 17.5 Å². The van der Waals surface area contributed by atoms with Crippen LogP contribution in [0.4, 0.5) is 0 Å². The number of pyridine rings is 1. The number of hydrogen-bond donors (Lipinski definition) is 0. The molecule has 1 aromatic heterocycles. The molecule has 0 unspecified atom stereocenters. The highest BCUT2D eigenvalue weighted by Gasteiger charge is 2.31. The van der Waals surface area contributed by atoms with E-state index in [1.165, 1.54) is 44.8 Å². The van der Waals surface area contributed by atoms with Crippen molar-refractivity contribution >= 4 is 0 Å². The Balaban J connectivity index is 1.80. The van der Waals surface area contributed by atoms with Crippen molar-refractivity contribution in [3.8, 4) is 33.6 Å². The highest BCUT2D eigenvalue weighted by atomic mass is 15.1. The maximum atomic E-state index is 2.60. The second-order valence-corrected chi connectivity index (χ2v) is 8.97. The summed E-state index contributed by atoms with van der Waals surface area (Å²) in [7, 11) is 4.32. The minimum Gasteiger partial charge on any atom is -0.309 e. The zero-order chi connectivity index (χ0) is 21.9. The lowest BCUT2D eigenvalue weighted by atomic mass is 9.83. The second kappa shape index (κ2) is 9.10. The minimum atomic E-state index is 1.01. The second-order valence-electron chi connectivity index (χ2n) is 8.97. The molecule has 1 heterocycles. The van der Waals surface area contributed by atoms with Gasteiger partial charge in [0.05, 0.1) is 0 Å². The van der Waals surface area contributed by atoms with Crippen molar-refractivity contribution < 1.29 is 4.57 Å². The molecular formula is C30H31N2+. The van der Waals surface area contributed by atoms with E-state index in [9.17, 15) is 0 Å². The van der Waals surface area contributed by atoms with Crippen molar-refractivity contribution in [2.45, 2.75) is 25.8 Å². The van der Waals surface area contributed by atoms with Gasteiger partial charge in [0, 0.05) is 35.7 Å². The fourth-order valence-corrected chi connectivity index (χ4v) is 5.00. The van der Waals surface area contributed by atoms with Crippen LogP contribution in [0, 0.1) is 0 Å². The Labute approximate surface area is 191 Å². The standard InChI is InChI=1S/C30H31N2/c1-31(2)20-11-21-32-29(25-15-7-4-8-16-25)22-28(23-12-5-3-6-13-23)27-19-18-24-14-9-10-17-26(24)30(27)32/h3-10,12-17,22H,11,18-21H2,1-2H3/q+1. The molecule has 4 aromatic rings. The topological polar surface area (TPSA) is 7.12 Å². The van der Waals surface area contributed by atoms with Gasteiger partial charge in [-0.3, -0.25) is 0 Å². The highest BCUT2D eigenvalue weighted by molar-refractivity contribution is 5.80. The zero-order valence-electron chi connectivity index (χ0n) is 19.1. The van der Waals surface area contributed by atoms with E-state index in [-0.39, 0.29) is 0 Å². The summed E-state index contributed by atoms with van der Waals surface area (Å²) in [5.41, 5.74) is 11.0. The lowest BCUT2D eigenvalue weighted by Gasteiger charge is -2.23. The first-order valence-electron chi connectivity index (χ1n) is 11.7. The first kappa shape index (κ1) is 20.7. The summed E-state index contributed by atoms with van der Waals surface area (Å²) < 4.78 is 2.60. The first-order chi connectivity index (χ1) is 15.7. The molecule has 0 saturated carbocycles. The van der Waals surface area contributed by atoms with Crippen LogP contribution >= 0.6 is 0 Å².